The average molecular weight is 448 g/mol. The highest BCUT2D eigenvalue weighted by atomic mass is 32.2. The van der Waals surface area contributed by atoms with Crippen molar-refractivity contribution in [2.75, 3.05) is 13.2 Å². The van der Waals surface area contributed by atoms with E-state index >= 15 is 0 Å². The lowest BCUT2D eigenvalue weighted by atomic mass is 10.1. The summed E-state index contributed by atoms with van der Waals surface area (Å²) < 4.78 is 44.3. The van der Waals surface area contributed by atoms with Crippen LogP contribution in [-0.4, -0.2) is 47.3 Å². The molecule has 1 aliphatic heterocycles. The van der Waals surface area contributed by atoms with E-state index in [9.17, 15) is 13.2 Å². The third kappa shape index (κ3) is 3.76. The molecule has 1 amide bonds. The number of amides is 1. The van der Waals surface area contributed by atoms with Gasteiger partial charge in [0.15, 0.2) is 10.7 Å². The zero-order chi connectivity index (χ0) is 22.6. The number of aromatic nitrogens is 2. The maximum atomic E-state index is 13.3. The molecule has 0 bridgehead atoms. The second-order valence-electron chi connectivity index (χ2n) is 8.53. The van der Waals surface area contributed by atoms with Gasteiger partial charge in [-0.2, -0.15) is 0 Å². The molecule has 10 heteroatoms. The molecule has 1 aromatic carbocycles. The van der Waals surface area contributed by atoms with Gasteiger partial charge in [0.05, 0.1) is 24.8 Å². The van der Waals surface area contributed by atoms with Crippen molar-refractivity contribution in [3.8, 4) is 5.75 Å². The van der Waals surface area contributed by atoms with Crippen molar-refractivity contribution in [1.82, 2.24) is 14.0 Å². The molecular weight excluding hydrogens is 422 g/mol. The molecule has 0 fully saturated rings. The predicted molar refractivity (Wildman–Crippen MR) is 113 cm³/mol. The Morgan fingerprint density at radius 1 is 1.23 bits per heavy atom. The molecule has 31 heavy (non-hydrogen) atoms. The van der Waals surface area contributed by atoms with Crippen LogP contribution in [-0.2, 0) is 21.3 Å². The van der Waals surface area contributed by atoms with Crippen molar-refractivity contribution in [3.05, 3.63) is 41.4 Å². The Hall–Kier alpha value is -3.01. The number of fused-ring (bicyclic) bond motifs is 3. The second kappa shape index (κ2) is 7.30. The van der Waals surface area contributed by atoms with Crippen molar-refractivity contribution >= 4 is 27.0 Å². The number of hydrogen-bond donors (Lipinski definition) is 0. The van der Waals surface area contributed by atoms with Crippen LogP contribution in [0.1, 0.15) is 37.8 Å². The van der Waals surface area contributed by atoms with Gasteiger partial charge in [0, 0.05) is 16.6 Å². The normalized spacial score (nSPS) is 14.8. The minimum atomic E-state index is -3.92. The zero-order valence-electron chi connectivity index (χ0n) is 18.1. The predicted octanol–water partition coefficient (Wildman–Crippen LogP) is 3.61. The maximum absolute atomic E-state index is 13.3. The summed E-state index contributed by atoms with van der Waals surface area (Å²) in [4.78, 5) is 14.2. The minimum absolute atomic E-state index is 0.00896. The monoisotopic (exact) mass is 447 g/mol. The van der Waals surface area contributed by atoms with Crippen molar-refractivity contribution in [2.24, 2.45) is 0 Å². The summed E-state index contributed by atoms with van der Waals surface area (Å²) in [7, 11) is -3.92. The summed E-state index contributed by atoms with van der Waals surface area (Å²) >= 11 is 0. The Morgan fingerprint density at radius 2 is 1.97 bits per heavy atom. The highest BCUT2D eigenvalue weighted by molar-refractivity contribution is 7.90. The highest BCUT2D eigenvalue weighted by Gasteiger charge is 2.30. The van der Waals surface area contributed by atoms with Crippen LogP contribution >= 0.6 is 0 Å². The van der Waals surface area contributed by atoms with Gasteiger partial charge < -0.3 is 18.9 Å². The number of benzene rings is 1. The number of carbonyl (C=O) groups is 1. The van der Waals surface area contributed by atoms with Crippen LogP contribution in [0.25, 0.3) is 10.9 Å². The standard InChI is InChI=1S/C21H25N3O6S/c1-13-10-15-16-12-23(20(25)29-21(3,4)5)8-9-28-18(16)7-6-17(15)24(13)31(26,27)19-11-22-30-14(19)2/h6-7,10-11H,8-9,12H2,1-5H3. The van der Waals surface area contributed by atoms with E-state index < -0.39 is 21.7 Å². The van der Waals surface area contributed by atoms with Crippen LogP contribution in [0.4, 0.5) is 4.79 Å². The van der Waals surface area contributed by atoms with Gasteiger partial charge in [-0.1, -0.05) is 5.16 Å². The summed E-state index contributed by atoms with van der Waals surface area (Å²) in [5.74, 6) is 0.838. The molecule has 2 aromatic heterocycles. The Morgan fingerprint density at radius 3 is 2.61 bits per heavy atom. The van der Waals surface area contributed by atoms with E-state index in [1.807, 2.05) is 20.8 Å². The third-order valence-electron chi connectivity index (χ3n) is 5.03. The molecule has 0 saturated heterocycles. The van der Waals surface area contributed by atoms with Crippen LogP contribution in [0.5, 0.6) is 5.75 Å². The Balaban J connectivity index is 1.82. The van der Waals surface area contributed by atoms with E-state index in [0.29, 0.717) is 35.5 Å². The average Bonchev–Trinajstić information content (AvgIpc) is 3.16. The number of aryl methyl sites for hydroxylation is 2. The van der Waals surface area contributed by atoms with E-state index in [-0.39, 0.29) is 17.2 Å². The molecule has 0 atom stereocenters. The molecule has 0 unspecified atom stereocenters. The fraction of sp³-hybridized carbons (Fsp3) is 0.429. The van der Waals surface area contributed by atoms with Gasteiger partial charge in [0.2, 0.25) is 0 Å². The minimum Gasteiger partial charge on any atom is -0.491 e. The summed E-state index contributed by atoms with van der Waals surface area (Å²) in [5.41, 5.74) is 1.13. The maximum Gasteiger partial charge on any atom is 0.410 e. The summed E-state index contributed by atoms with van der Waals surface area (Å²) in [5, 5.41) is 4.30. The van der Waals surface area contributed by atoms with Gasteiger partial charge >= 0.3 is 6.09 Å². The molecule has 166 valence electrons. The topological polar surface area (TPSA) is 104 Å². The Labute approximate surface area is 180 Å². The fourth-order valence-electron chi connectivity index (χ4n) is 3.70. The molecule has 3 aromatic rings. The van der Waals surface area contributed by atoms with Gasteiger partial charge in [-0.3, -0.25) is 0 Å². The van der Waals surface area contributed by atoms with Crippen molar-refractivity contribution in [1.29, 1.82) is 0 Å². The SMILES string of the molecule is Cc1oncc1S(=O)(=O)n1c(C)cc2c3c(ccc21)OCCN(C(=O)OC(C)(C)C)C3. The van der Waals surface area contributed by atoms with E-state index in [4.69, 9.17) is 14.0 Å². The van der Waals surface area contributed by atoms with Crippen molar-refractivity contribution in [3.63, 3.8) is 0 Å². The van der Waals surface area contributed by atoms with Gasteiger partial charge in [0.1, 0.15) is 18.0 Å². The van der Waals surface area contributed by atoms with E-state index in [2.05, 4.69) is 5.16 Å². The first kappa shape index (κ1) is 21.2. The first-order chi connectivity index (χ1) is 14.5. The summed E-state index contributed by atoms with van der Waals surface area (Å²) in [6.07, 6.45) is 0.761. The zero-order valence-corrected chi connectivity index (χ0v) is 18.9. The van der Waals surface area contributed by atoms with Crippen LogP contribution in [0.15, 0.2) is 33.8 Å². The quantitative estimate of drug-likeness (QED) is 0.591. The van der Waals surface area contributed by atoms with Crippen molar-refractivity contribution < 1.29 is 27.2 Å². The van der Waals surface area contributed by atoms with Crippen LogP contribution < -0.4 is 4.74 Å². The van der Waals surface area contributed by atoms with Crippen LogP contribution in [0, 0.1) is 13.8 Å². The summed E-state index contributed by atoms with van der Waals surface area (Å²) in [6, 6.07) is 5.24. The van der Waals surface area contributed by atoms with Crippen LogP contribution in [0.3, 0.4) is 0 Å². The number of rotatable bonds is 2. The largest absolute Gasteiger partial charge is 0.491 e. The van der Waals surface area contributed by atoms with E-state index in [0.717, 1.165) is 5.56 Å². The molecule has 0 spiro atoms. The van der Waals surface area contributed by atoms with Gasteiger partial charge in [-0.15, -0.1) is 0 Å². The number of hydrogen-bond acceptors (Lipinski definition) is 7. The molecule has 1 aliphatic rings. The molecule has 0 aliphatic carbocycles. The van der Waals surface area contributed by atoms with E-state index in [1.165, 1.54) is 10.2 Å². The number of nitrogens with zero attached hydrogens (tertiary/aromatic N) is 3. The van der Waals surface area contributed by atoms with Gasteiger partial charge in [-0.25, -0.2) is 17.2 Å². The van der Waals surface area contributed by atoms with Gasteiger partial charge in [0.25, 0.3) is 10.0 Å². The lowest BCUT2D eigenvalue weighted by Gasteiger charge is -2.26. The lowest BCUT2D eigenvalue weighted by Crippen LogP contribution is -2.37. The molecule has 3 heterocycles. The smallest absolute Gasteiger partial charge is 0.410 e. The van der Waals surface area contributed by atoms with Crippen LogP contribution in [0.2, 0.25) is 0 Å². The number of carbonyl (C=O) groups excluding carboxylic acids is 1. The Kier molecular flexibility index (Phi) is 5.00. The molecular formula is C21H25N3O6S. The lowest BCUT2D eigenvalue weighted by molar-refractivity contribution is 0.0226. The fourth-order valence-corrected chi connectivity index (χ4v) is 5.32. The first-order valence-corrected chi connectivity index (χ1v) is 11.3. The number of ether oxygens (including phenoxy) is 2. The Bertz CT molecular complexity index is 1270. The van der Waals surface area contributed by atoms with Crippen molar-refractivity contribution in [2.45, 2.75) is 51.7 Å². The highest BCUT2D eigenvalue weighted by Crippen LogP contribution is 2.35. The molecule has 0 radical (unpaired) electrons. The summed E-state index contributed by atoms with van der Waals surface area (Å²) in [6.45, 7) is 9.64. The molecule has 0 saturated carbocycles. The van der Waals surface area contributed by atoms with E-state index in [1.54, 1.807) is 36.9 Å². The third-order valence-corrected chi connectivity index (χ3v) is 6.94. The first-order valence-electron chi connectivity index (χ1n) is 9.90. The molecule has 4 rings (SSSR count). The second-order valence-corrected chi connectivity index (χ2v) is 10.3. The molecule has 0 N–H and O–H groups in total. The van der Waals surface area contributed by atoms with Gasteiger partial charge in [-0.05, 0) is 52.8 Å². The molecule has 9 nitrogen and oxygen atoms in total.